The molecular weight excluding hydrogens is 222 g/mol. The van der Waals surface area contributed by atoms with Crippen LogP contribution < -0.4 is 4.74 Å². The van der Waals surface area contributed by atoms with E-state index in [0.717, 1.165) is 12.3 Å². The predicted octanol–water partition coefficient (Wildman–Crippen LogP) is 3.97. The zero-order valence-electron chi connectivity index (χ0n) is 12.9. The van der Waals surface area contributed by atoms with Crippen LogP contribution in [0.25, 0.3) is 0 Å². The monoisotopic (exact) mass is 249 g/mol. The lowest BCUT2D eigenvalue weighted by Crippen LogP contribution is -2.15. The van der Waals surface area contributed by atoms with E-state index in [1.54, 1.807) is 0 Å². The Morgan fingerprint density at radius 3 is 2.17 bits per heavy atom. The van der Waals surface area contributed by atoms with Crippen molar-refractivity contribution < 1.29 is 4.74 Å². The smallest absolute Gasteiger partial charge is 0.127 e. The lowest BCUT2D eigenvalue weighted by molar-refractivity contribution is 0.234. The van der Waals surface area contributed by atoms with E-state index >= 15 is 0 Å². The van der Waals surface area contributed by atoms with Crippen molar-refractivity contribution >= 4 is 0 Å². The van der Waals surface area contributed by atoms with Gasteiger partial charge >= 0.3 is 0 Å². The van der Waals surface area contributed by atoms with Gasteiger partial charge in [-0.3, -0.25) is 0 Å². The van der Waals surface area contributed by atoms with Gasteiger partial charge < -0.3 is 9.64 Å². The van der Waals surface area contributed by atoms with E-state index in [9.17, 15) is 0 Å². The number of hydrogen-bond donors (Lipinski definition) is 0. The van der Waals surface area contributed by atoms with Crippen LogP contribution in [0.15, 0.2) is 12.1 Å². The maximum atomic E-state index is 5.99. The molecule has 2 nitrogen and oxygen atoms in total. The second-order valence-electron chi connectivity index (χ2n) is 5.89. The molecule has 0 fully saturated rings. The SMILES string of the molecule is Cc1cc(C(C)C)cc(CN(C)C)c1OC(C)C. The molecule has 0 saturated heterocycles. The number of hydrogen-bond acceptors (Lipinski definition) is 2. The number of aryl methyl sites for hydroxylation is 1. The van der Waals surface area contributed by atoms with E-state index in [0.29, 0.717) is 5.92 Å². The summed E-state index contributed by atoms with van der Waals surface area (Å²) in [5, 5.41) is 0. The number of ether oxygens (including phenoxy) is 1. The lowest BCUT2D eigenvalue weighted by Gasteiger charge is -2.21. The summed E-state index contributed by atoms with van der Waals surface area (Å²) < 4.78 is 5.99. The average Bonchev–Trinajstić information content (AvgIpc) is 2.21. The van der Waals surface area contributed by atoms with Crippen molar-refractivity contribution in [1.29, 1.82) is 0 Å². The van der Waals surface area contributed by atoms with Gasteiger partial charge in [0, 0.05) is 12.1 Å². The fraction of sp³-hybridized carbons (Fsp3) is 0.625. The van der Waals surface area contributed by atoms with Gasteiger partial charge in [-0.1, -0.05) is 26.0 Å². The van der Waals surface area contributed by atoms with Crippen LogP contribution in [0.2, 0.25) is 0 Å². The molecule has 0 unspecified atom stereocenters. The molecule has 0 radical (unpaired) electrons. The summed E-state index contributed by atoms with van der Waals surface area (Å²) in [4.78, 5) is 2.19. The van der Waals surface area contributed by atoms with Crippen LogP contribution in [-0.2, 0) is 6.54 Å². The molecule has 1 aromatic rings. The van der Waals surface area contributed by atoms with Gasteiger partial charge in [-0.25, -0.2) is 0 Å². The molecule has 102 valence electrons. The molecule has 0 atom stereocenters. The molecular formula is C16H27NO. The van der Waals surface area contributed by atoms with Gasteiger partial charge in [0.25, 0.3) is 0 Å². The highest BCUT2D eigenvalue weighted by atomic mass is 16.5. The van der Waals surface area contributed by atoms with E-state index in [1.165, 1.54) is 16.7 Å². The first-order valence-electron chi connectivity index (χ1n) is 6.76. The van der Waals surface area contributed by atoms with Crippen LogP contribution in [0.4, 0.5) is 0 Å². The molecule has 0 aromatic heterocycles. The van der Waals surface area contributed by atoms with Crippen molar-refractivity contribution in [2.75, 3.05) is 14.1 Å². The minimum Gasteiger partial charge on any atom is -0.490 e. The molecule has 0 saturated carbocycles. The molecule has 1 aromatic carbocycles. The zero-order valence-corrected chi connectivity index (χ0v) is 12.9. The Hall–Kier alpha value is -1.02. The summed E-state index contributed by atoms with van der Waals surface area (Å²) in [6, 6.07) is 4.54. The summed E-state index contributed by atoms with van der Waals surface area (Å²) in [5.41, 5.74) is 3.92. The highest BCUT2D eigenvalue weighted by molar-refractivity contribution is 5.45. The molecule has 0 spiro atoms. The Labute approximate surface area is 112 Å². The summed E-state index contributed by atoms with van der Waals surface area (Å²) >= 11 is 0. The minimum absolute atomic E-state index is 0.217. The summed E-state index contributed by atoms with van der Waals surface area (Å²) in [6.45, 7) is 11.7. The Morgan fingerprint density at radius 2 is 1.72 bits per heavy atom. The second kappa shape index (κ2) is 6.24. The molecule has 0 aliphatic heterocycles. The minimum atomic E-state index is 0.217. The van der Waals surface area contributed by atoms with Crippen molar-refractivity contribution in [2.45, 2.75) is 53.2 Å². The molecule has 2 heteroatoms. The van der Waals surface area contributed by atoms with Crippen LogP contribution in [0.1, 0.15) is 50.3 Å². The predicted molar refractivity (Wildman–Crippen MR) is 78.4 cm³/mol. The third-order valence-electron chi connectivity index (χ3n) is 2.88. The maximum Gasteiger partial charge on any atom is 0.127 e. The Kier molecular flexibility index (Phi) is 5.21. The fourth-order valence-corrected chi connectivity index (χ4v) is 2.07. The topological polar surface area (TPSA) is 12.5 Å². The third kappa shape index (κ3) is 4.02. The Morgan fingerprint density at radius 1 is 1.11 bits per heavy atom. The normalized spacial score (nSPS) is 11.7. The second-order valence-corrected chi connectivity index (χ2v) is 5.89. The van der Waals surface area contributed by atoms with Gasteiger partial charge in [-0.05, 0) is 51.9 Å². The molecule has 0 heterocycles. The van der Waals surface area contributed by atoms with Crippen molar-refractivity contribution in [1.82, 2.24) is 4.90 Å². The Balaban J connectivity index is 3.21. The van der Waals surface area contributed by atoms with Crippen molar-refractivity contribution in [3.63, 3.8) is 0 Å². The average molecular weight is 249 g/mol. The molecule has 0 bridgehead atoms. The zero-order chi connectivity index (χ0) is 13.9. The van der Waals surface area contributed by atoms with E-state index in [-0.39, 0.29) is 6.10 Å². The van der Waals surface area contributed by atoms with Crippen LogP contribution in [0, 0.1) is 6.92 Å². The first kappa shape index (κ1) is 15.0. The van der Waals surface area contributed by atoms with Crippen LogP contribution in [-0.4, -0.2) is 25.1 Å². The van der Waals surface area contributed by atoms with Gasteiger partial charge in [-0.2, -0.15) is 0 Å². The largest absolute Gasteiger partial charge is 0.490 e. The summed E-state index contributed by atoms with van der Waals surface area (Å²) in [5.74, 6) is 1.61. The van der Waals surface area contributed by atoms with Gasteiger partial charge in [0.2, 0.25) is 0 Å². The van der Waals surface area contributed by atoms with Gasteiger partial charge in [0.1, 0.15) is 5.75 Å². The first-order chi connectivity index (χ1) is 8.31. The number of rotatable bonds is 5. The first-order valence-corrected chi connectivity index (χ1v) is 6.76. The van der Waals surface area contributed by atoms with Crippen LogP contribution >= 0.6 is 0 Å². The lowest BCUT2D eigenvalue weighted by atomic mass is 9.97. The number of benzene rings is 1. The molecule has 0 amide bonds. The van der Waals surface area contributed by atoms with E-state index < -0.39 is 0 Å². The molecule has 18 heavy (non-hydrogen) atoms. The van der Waals surface area contributed by atoms with E-state index in [1.807, 2.05) is 0 Å². The van der Waals surface area contributed by atoms with E-state index in [2.05, 4.69) is 65.7 Å². The Bertz CT molecular complexity index is 394. The van der Waals surface area contributed by atoms with Crippen LogP contribution in [0.5, 0.6) is 5.75 Å². The maximum absolute atomic E-state index is 5.99. The van der Waals surface area contributed by atoms with E-state index in [4.69, 9.17) is 4.74 Å². The number of nitrogens with zero attached hydrogens (tertiary/aromatic N) is 1. The van der Waals surface area contributed by atoms with Crippen molar-refractivity contribution in [2.24, 2.45) is 0 Å². The summed E-state index contributed by atoms with van der Waals surface area (Å²) in [7, 11) is 4.19. The quantitative estimate of drug-likeness (QED) is 0.783. The van der Waals surface area contributed by atoms with Gasteiger partial charge in [0.15, 0.2) is 0 Å². The standard InChI is InChI=1S/C16H27NO/c1-11(2)14-8-13(5)16(18-12(3)4)15(9-14)10-17(6)7/h8-9,11-12H,10H2,1-7H3. The van der Waals surface area contributed by atoms with Gasteiger partial charge in [0.05, 0.1) is 6.10 Å². The fourth-order valence-electron chi connectivity index (χ4n) is 2.07. The molecule has 0 aliphatic carbocycles. The highest BCUT2D eigenvalue weighted by Gasteiger charge is 2.13. The third-order valence-corrected chi connectivity index (χ3v) is 2.88. The molecule has 0 N–H and O–H groups in total. The molecule has 1 rings (SSSR count). The van der Waals surface area contributed by atoms with Crippen LogP contribution in [0.3, 0.4) is 0 Å². The summed E-state index contributed by atoms with van der Waals surface area (Å²) in [6.07, 6.45) is 0.217. The van der Waals surface area contributed by atoms with Gasteiger partial charge in [-0.15, -0.1) is 0 Å². The van der Waals surface area contributed by atoms with Crippen molar-refractivity contribution in [3.8, 4) is 5.75 Å². The van der Waals surface area contributed by atoms with Crippen molar-refractivity contribution in [3.05, 3.63) is 28.8 Å². The molecule has 0 aliphatic rings. The highest BCUT2D eigenvalue weighted by Crippen LogP contribution is 2.30.